The van der Waals surface area contributed by atoms with E-state index in [1.54, 1.807) is 75.4 Å². The van der Waals surface area contributed by atoms with Gasteiger partial charge in [-0.1, -0.05) is 65.7 Å². The first-order valence-corrected chi connectivity index (χ1v) is 15.7. The summed E-state index contributed by atoms with van der Waals surface area (Å²) in [5.74, 6) is -1.35. The van der Waals surface area contributed by atoms with Crippen LogP contribution >= 0.6 is 23.2 Å². The summed E-state index contributed by atoms with van der Waals surface area (Å²) < 4.78 is 66.9. The molecule has 0 bridgehead atoms. The van der Waals surface area contributed by atoms with Gasteiger partial charge in [0.25, 0.3) is 0 Å². The summed E-state index contributed by atoms with van der Waals surface area (Å²) in [6, 6.07) is 16.6. The van der Waals surface area contributed by atoms with Crippen LogP contribution in [0.15, 0.2) is 72.8 Å². The molecule has 0 aliphatic heterocycles. The average molecular weight is 659 g/mol. The molecule has 3 rings (SSSR count). The summed E-state index contributed by atoms with van der Waals surface area (Å²) in [6.07, 6.45) is -3.97. The van der Waals surface area contributed by atoms with E-state index in [1.165, 1.54) is 4.90 Å². The second-order valence-corrected chi connectivity index (χ2v) is 13.8. The van der Waals surface area contributed by atoms with Crippen molar-refractivity contribution >= 4 is 50.7 Å². The number of rotatable bonds is 10. The molecule has 7 nitrogen and oxygen atoms in total. The predicted molar refractivity (Wildman–Crippen MR) is 162 cm³/mol. The third-order valence-corrected chi connectivity index (χ3v) is 7.91. The van der Waals surface area contributed by atoms with Crippen molar-refractivity contribution in [3.8, 4) is 0 Å². The number of nitrogens with zero attached hydrogens (tertiary/aromatic N) is 2. The molecule has 1 atom stereocenters. The van der Waals surface area contributed by atoms with E-state index in [1.807, 2.05) is 0 Å². The molecule has 232 valence electrons. The van der Waals surface area contributed by atoms with Crippen LogP contribution in [0.4, 0.5) is 18.9 Å². The molecule has 0 saturated carbocycles. The quantitative estimate of drug-likeness (QED) is 0.276. The first kappa shape index (κ1) is 34.2. The Morgan fingerprint density at radius 1 is 0.907 bits per heavy atom. The number of carbonyl (C=O) groups excluding carboxylic acids is 2. The van der Waals surface area contributed by atoms with Crippen molar-refractivity contribution in [3.05, 3.63) is 99.5 Å². The minimum absolute atomic E-state index is 0.0677. The molecule has 0 aliphatic carbocycles. The fourth-order valence-corrected chi connectivity index (χ4v) is 5.65. The lowest BCUT2D eigenvalue weighted by atomic mass is 10.0. The first-order chi connectivity index (χ1) is 19.8. The summed E-state index contributed by atoms with van der Waals surface area (Å²) in [4.78, 5) is 29.0. The minimum Gasteiger partial charge on any atom is -0.350 e. The molecule has 0 aliphatic rings. The number of halogens is 5. The lowest BCUT2D eigenvalue weighted by Crippen LogP contribution is -2.56. The molecule has 2 amide bonds. The van der Waals surface area contributed by atoms with Crippen LogP contribution in [0, 0.1) is 0 Å². The van der Waals surface area contributed by atoms with Crippen molar-refractivity contribution in [1.82, 2.24) is 10.2 Å². The molecule has 43 heavy (non-hydrogen) atoms. The zero-order valence-corrected chi connectivity index (χ0v) is 26.3. The van der Waals surface area contributed by atoms with E-state index >= 15 is 0 Å². The Balaban J connectivity index is 2.14. The molecule has 3 aromatic rings. The van der Waals surface area contributed by atoms with Crippen molar-refractivity contribution in [2.45, 2.75) is 51.5 Å². The number of anilines is 1. The van der Waals surface area contributed by atoms with Crippen LogP contribution in [0.1, 0.15) is 37.5 Å². The van der Waals surface area contributed by atoms with Crippen LogP contribution in [-0.2, 0) is 38.8 Å². The van der Waals surface area contributed by atoms with Crippen LogP contribution in [0.25, 0.3) is 0 Å². The molecule has 0 saturated heterocycles. The fourth-order valence-electron chi connectivity index (χ4n) is 4.31. The largest absolute Gasteiger partial charge is 0.416 e. The van der Waals surface area contributed by atoms with Crippen molar-refractivity contribution < 1.29 is 31.2 Å². The molecule has 1 N–H and O–H groups in total. The highest BCUT2D eigenvalue weighted by Gasteiger charge is 2.36. The van der Waals surface area contributed by atoms with Gasteiger partial charge in [-0.05, 0) is 62.2 Å². The van der Waals surface area contributed by atoms with Gasteiger partial charge < -0.3 is 10.2 Å². The van der Waals surface area contributed by atoms with Gasteiger partial charge in [0, 0.05) is 23.5 Å². The zero-order chi connectivity index (χ0) is 32.2. The van der Waals surface area contributed by atoms with Gasteiger partial charge in [-0.2, -0.15) is 13.2 Å². The topological polar surface area (TPSA) is 86.8 Å². The lowest BCUT2D eigenvalue weighted by molar-refractivity contribution is -0.140. The smallest absolute Gasteiger partial charge is 0.350 e. The summed E-state index contributed by atoms with van der Waals surface area (Å²) >= 11 is 12.4. The van der Waals surface area contributed by atoms with Crippen molar-refractivity contribution in [2.75, 3.05) is 17.1 Å². The van der Waals surface area contributed by atoms with Gasteiger partial charge in [0.2, 0.25) is 21.8 Å². The molecule has 0 fully saturated rings. The molecule has 0 spiro atoms. The van der Waals surface area contributed by atoms with Gasteiger partial charge in [0.05, 0.1) is 22.5 Å². The summed E-state index contributed by atoms with van der Waals surface area (Å²) in [5, 5.41) is 2.95. The van der Waals surface area contributed by atoms with Crippen LogP contribution in [-0.4, -0.2) is 49.5 Å². The molecule has 13 heteroatoms. The van der Waals surface area contributed by atoms with E-state index in [0.29, 0.717) is 27.0 Å². The van der Waals surface area contributed by atoms with Gasteiger partial charge in [0.1, 0.15) is 12.6 Å². The van der Waals surface area contributed by atoms with Gasteiger partial charge in [0.15, 0.2) is 0 Å². The number of alkyl halides is 3. The molecule has 0 heterocycles. The third kappa shape index (κ3) is 9.87. The van der Waals surface area contributed by atoms with Crippen LogP contribution in [0.2, 0.25) is 10.0 Å². The van der Waals surface area contributed by atoms with Gasteiger partial charge in [-0.3, -0.25) is 13.9 Å². The standard InChI is InChI=1S/C30H32Cl2F3N3O4S/c1-29(2,3)36-28(40)26(16-20-9-6-5-7-10-20)37(18-21-11-8-12-23(31)15-21)27(39)19-38(43(4,41)42)25-17-22(30(33,34)35)13-14-24(25)32/h5-15,17,26H,16,18-19H2,1-4H3,(H,36,40). The monoisotopic (exact) mass is 657 g/mol. The fraction of sp³-hybridized carbons (Fsp3) is 0.333. The molecular weight excluding hydrogens is 626 g/mol. The SMILES string of the molecule is CC(C)(C)NC(=O)C(Cc1ccccc1)N(Cc1cccc(Cl)c1)C(=O)CN(c1cc(C(F)(F)F)ccc1Cl)S(C)(=O)=O. The second kappa shape index (κ2) is 13.6. The summed E-state index contributed by atoms with van der Waals surface area (Å²) in [7, 11) is -4.33. The highest BCUT2D eigenvalue weighted by atomic mass is 35.5. The Bertz CT molecular complexity index is 1560. The normalized spacial score (nSPS) is 12.9. The van der Waals surface area contributed by atoms with Gasteiger partial charge in [-0.15, -0.1) is 0 Å². The molecule has 1 unspecified atom stereocenters. The third-order valence-electron chi connectivity index (χ3n) is 6.23. The van der Waals surface area contributed by atoms with Crippen molar-refractivity contribution in [3.63, 3.8) is 0 Å². The number of amides is 2. The lowest BCUT2D eigenvalue weighted by Gasteiger charge is -2.35. The number of carbonyl (C=O) groups is 2. The van der Waals surface area contributed by atoms with Crippen molar-refractivity contribution in [1.29, 1.82) is 0 Å². The Kier molecular flexibility index (Phi) is 10.8. The van der Waals surface area contributed by atoms with Crippen LogP contribution < -0.4 is 9.62 Å². The number of hydrogen-bond donors (Lipinski definition) is 1. The van der Waals surface area contributed by atoms with Gasteiger partial charge >= 0.3 is 6.18 Å². The Labute approximate surface area is 259 Å². The van der Waals surface area contributed by atoms with E-state index < -0.39 is 57.4 Å². The van der Waals surface area contributed by atoms with Crippen LogP contribution in [0.3, 0.4) is 0 Å². The maximum Gasteiger partial charge on any atom is 0.416 e. The van der Waals surface area contributed by atoms with E-state index in [0.717, 1.165) is 17.9 Å². The Morgan fingerprint density at radius 3 is 2.09 bits per heavy atom. The van der Waals surface area contributed by atoms with Gasteiger partial charge in [-0.25, -0.2) is 8.42 Å². The first-order valence-electron chi connectivity index (χ1n) is 13.1. The Morgan fingerprint density at radius 2 is 1.53 bits per heavy atom. The maximum atomic E-state index is 14.1. The second-order valence-electron chi connectivity index (χ2n) is 11.0. The predicted octanol–water partition coefficient (Wildman–Crippen LogP) is 6.33. The van der Waals surface area contributed by atoms with Crippen molar-refractivity contribution in [2.24, 2.45) is 0 Å². The number of sulfonamides is 1. The molecular formula is C30H32Cl2F3N3O4S. The highest BCUT2D eigenvalue weighted by molar-refractivity contribution is 7.92. The minimum atomic E-state index is -4.79. The molecule has 0 aromatic heterocycles. The average Bonchev–Trinajstić information content (AvgIpc) is 2.88. The summed E-state index contributed by atoms with van der Waals surface area (Å²) in [6.45, 7) is 4.24. The summed E-state index contributed by atoms with van der Waals surface area (Å²) in [5.41, 5.74) is -1.07. The molecule has 0 radical (unpaired) electrons. The Hall–Kier alpha value is -3.28. The highest BCUT2D eigenvalue weighted by Crippen LogP contribution is 2.36. The van der Waals surface area contributed by atoms with E-state index in [4.69, 9.17) is 23.2 Å². The van der Waals surface area contributed by atoms with Crippen LogP contribution in [0.5, 0.6) is 0 Å². The zero-order valence-electron chi connectivity index (χ0n) is 24.0. The number of hydrogen-bond acceptors (Lipinski definition) is 4. The number of nitrogens with one attached hydrogen (secondary N) is 1. The maximum absolute atomic E-state index is 14.1. The molecule has 3 aromatic carbocycles. The van der Waals surface area contributed by atoms with E-state index in [2.05, 4.69) is 5.32 Å². The van der Waals surface area contributed by atoms with E-state index in [9.17, 15) is 31.2 Å². The van der Waals surface area contributed by atoms with E-state index in [-0.39, 0.29) is 18.0 Å². The number of benzene rings is 3.